The number of carbonyl (C=O) groups is 3. The van der Waals surface area contributed by atoms with Crippen molar-refractivity contribution < 1.29 is 28.6 Å². The highest BCUT2D eigenvalue weighted by Crippen LogP contribution is 2.15. The van der Waals surface area contributed by atoms with Crippen LogP contribution in [0.4, 0.5) is 0 Å². The molecule has 0 aliphatic heterocycles. The Hall–Kier alpha value is -2.89. The molecule has 0 heterocycles. The molecule has 0 saturated heterocycles. The minimum atomic E-state index is -0.785. The summed E-state index contributed by atoms with van der Waals surface area (Å²) in [6, 6.07) is 0. The zero-order valence-corrected chi connectivity index (χ0v) is 43.0. The fourth-order valence-corrected chi connectivity index (χ4v) is 7.74. The minimum Gasteiger partial charge on any atom is -0.462 e. The molecule has 0 rings (SSSR count). The summed E-state index contributed by atoms with van der Waals surface area (Å²) in [4.78, 5) is 38.1. The molecule has 0 saturated carbocycles. The van der Waals surface area contributed by atoms with Gasteiger partial charge in [0.05, 0.1) is 0 Å². The van der Waals surface area contributed by atoms with E-state index >= 15 is 0 Å². The smallest absolute Gasteiger partial charge is 0.306 e. The van der Waals surface area contributed by atoms with E-state index in [0.717, 1.165) is 103 Å². The molecule has 0 bridgehead atoms. The lowest BCUT2D eigenvalue weighted by molar-refractivity contribution is -0.167. The third kappa shape index (κ3) is 51.9. The minimum absolute atomic E-state index is 0.0837. The maximum absolute atomic E-state index is 12.8. The van der Waals surface area contributed by atoms with Crippen LogP contribution in [0, 0.1) is 0 Å². The van der Waals surface area contributed by atoms with Gasteiger partial charge in [-0.2, -0.15) is 0 Å². The molecule has 0 radical (unpaired) electrons. The lowest BCUT2D eigenvalue weighted by Crippen LogP contribution is -2.30. The van der Waals surface area contributed by atoms with E-state index in [1.165, 1.54) is 135 Å². The molecular weight excluding hydrogens is 805 g/mol. The van der Waals surface area contributed by atoms with E-state index in [4.69, 9.17) is 14.2 Å². The lowest BCUT2D eigenvalue weighted by atomic mass is 10.1. The molecule has 0 amide bonds. The summed E-state index contributed by atoms with van der Waals surface area (Å²) >= 11 is 0. The molecule has 0 aromatic rings. The van der Waals surface area contributed by atoms with E-state index in [0.29, 0.717) is 19.3 Å². The van der Waals surface area contributed by atoms with Gasteiger partial charge >= 0.3 is 17.9 Å². The molecule has 0 fully saturated rings. The maximum atomic E-state index is 12.8. The molecule has 1 unspecified atom stereocenters. The van der Waals surface area contributed by atoms with Crippen molar-refractivity contribution in [3.8, 4) is 0 Å². The van der Waals surface area contributed by atoms with Crippen molar-refractivity contribution in [3.05, 3.63) is 60.8 Å². The van der Waals surface area contributed by atoms with Crippen LogP contribution in [0.2, 0.25) is 0 Å². The Morgan fingerprint density at radius 3 is 0.954 bits per heavy atom. The lowest BCUT2D eigenvalue weighted by Gasteiger charge is -2.18. The van der Waals surface area contributed by atoms with E-state index in [-0.39, 0.29) is 31.1 Å². The highest BCUT2D eigenvalue weighted by atomic mass is 16.6. The van der Waals surface area contributed by atoms with Crippen molar-refractivity contribution in [1.82, 2.24) is 0 Å². The van der Waals surface area contributed by atoms with Gasteiger partial charge in [0.15, 0.2) is 6.10 Å². The van der Waals surface area contributed by atoms with Crippen LogP contribution in [0.3, 0.4) is 0 Å². The van der Waals surface area contributed by atoms with Gasteiger partial charge in [0, 0.05) is 19.3 Å². The van der Waals surface area contributed by atoms with E-state index in [1.54, 1.807) is 0 Å². The molecule has 6 nitrogen and oxygen atoms in total. The van der Waals surface area contributed by atoms with E-state index in [9.17, 15) is 14.4 Å². The van der Waals surface area contributed by atoms with E-state index in [1.807, 2.05) is 0 Å². The molecule has 0 N–H and O–H groups in total. The Balaban J connectivity index is 4.37. The van der Waals surface area contributed by atoms with Gasteiger partial charge in [-0.05, 0) is 103 Å². The van der Waals surface area contributed by atoms with Crippen LogP contribution in [0.25, 0.3) is 0 Å². The van der Waals surface area contributed by atoms with Gasteiger partial charge in [0.1, 0.15) is 13.2 Å². The fourth-order valence-electron chi connectivity index (χ4n) is 7.74. The summed E-state index contributed by atoms with van der Waals surface area (Å²) in [5.41, 5.74) is 0. The number of carbonyl (C=O) groups excluding carboxylic acids is 3. The van der Waals surface area contributed by atoms with E-state index in [2.05, 4.69) is 81.5 Å². The molecule has 6 heteroatoms. The molecule has 0 spiro atoms. The van der Waals surface area contributed by atoms with Crippen molar-refractivity contribution in [2.75, 3.05) is 13.2 Å². The third-order valence-electron chi connectivity index (χ3n) is 11.9. The average Bonchev–Trinajstić information content (AvgIpc) is 3.30. The van der Waals surface area contributed by atoms with Crippen LogP contribution >= 0.6 is 0 Å². The predicted molar refractivity (Wildman–Crippen MR) is 279 cm³/mol. The first-order chi connectivity index (χ1) is 32.0. The number of rotatable bonds is 50. The van der Waals surface area contributed by atoms with Gasteiger partial charge < -0.3 is 14.2 Å². The Kier molecular flexibility index (Phi) is 51.3. The predicted octanol–water partition coefficient (Wildman–Crippen LogP) is 18.4. The first-order valence-corrected chi connectivity index (χ1v) is 27.8. The average molecular weight is 909 g/mol. The van der Waals surface area contributed by atoms with Crippen LogP contribution in [0.15, 0.2) is 60.8 Å². The summed E-state index contributed by atoms with van der Waals surface area (Å²) in [6.45, 7) is 6.54. The number of unbranched alkanes of at least 4 members (excludes halogenated alkanes) is 29. The van der Waals surface area contributed by atoms with Crippen LogP contribution in [-0.2, 0) is 28.6 Å². The van der Waals surface area contributed by atoms with Crippen molar-refractivity contribution in [1.29, 1.82) is 0 Å². The van der Waals surface area contributed by atoms with Gasteiger partial charge in [-0.1, -0.05) is 216 Å². The topological polar surface area (TPSA) is 78.9 Å². The van der Waals surface area contributed by atoms with Crippen LogP contribution in [-0.4, -0.2) is 37.2 Å². The molecule has 0 aliphatic carbocycles. The third-order valence-corrected chi connectivity index (χ3v) is 11.9. The molecular formula is C59H104O6. The zero-order valence-electron chi connectivity index (χ0n) is 43.0. The molecule has 0 aliphatic rings. The highest BCUT2D eigenvalue weighted by molar-refractivity contribution is 5.71. The Labute approximate surface area is 402 Å². The molecule has 376 valence electrons. The van der Waals surface area contributed by atoms with Crippen LogP contribution < -0.4 is 0 Å². The summed E-state index contributed by atoms with van der Waals surface area (Å²) in [5.74, 6) is -0.903. The number of allylic oxidation sites excluding steroid dienone is 10. The Morgan fingerprint density at radius 1 is 0.308 bits per heavy atom. The second-order valence-corrected chi connectivity index (χ2v) is 18.5. The van der Waals surface area contributed by atoms with Crippen molar-refractivity contribution in [2.45, 2.75) is 284 Å². The van der Waals surface area contributed by atoms with Gasteiger partial charge in [-0.3, -0.25) is 14.4 Å². The Bertz CT molecular complexity index is 1180. The molecule has 65 heavy (non-hydrogen) atoms. The summed E-state index contributed by atoms with van der Waals surface area (Å²) in [7, 11) is 0. The van der Waals surface area contributed by atoms with Crippen LogP contribution in [0.1, 0.15) is 278 Å². The second kappa shape index (κ2) is 53.7. The standard InChI is InChI=1S/C59H104O6/c1-4-7-10-13-16-19-22-25-27-28-29-30-32-34-37-40-43-46-49-52-58(61)64-55-56(54-63-57(60)51-48-45-42-39-36-33-24-21-18-15-12-9-6-3)65-59(62)53-50-47-44-41-38-35-31-26-23-20-17-14-11-8-5-2/h12,15-16,19,21,24-27,31,56H,4-11,13-14,17-18,20,22-23,28-30,32-55H2,1-3H3/b15-12-,19-16-,24-21-,27-25-,31-26-. The van der Waals surface area contributed by atoms with Crippen molar-refractivity contribution in [2.24, 2.45) is 0 Å². The normalized spacial score (nSPS) is 12.5. The molecule has 1 atom stereocenters. The SMILES string of the molecule is CCC/C=C\C/C=C\CCCCCCCC(=O)OCC(COC(=O)CCCCCCCCCCC/C=C\C/C=C\CCCCC)OC(=O)CCCCCCC/C=C\CCCCCCCC. The largest absolute Gasteiger partial charge is 0.462 e. The zero-order chi connectivity index (χ0) is 47.2. The first-order valence-electron chi connectivity index (χ1n) is 27.8. The molecule has 0 aromatic carbocycles. The second-order valence-electron chi connectivity index (χ2n) is 18.5. The number of hydrogen-bond donors (Lipinski definition) is 0. The number of esters is 3. The highest BCUT2D eigenvalue weighted by Gasteiger charge is 2.19. The van der Waals surface area contributed by atoms with Crippen molar-refractivity contribution >= 4 is 17.9 Å². The monoisotopic (exact) mass is 909 g/mol. The number of hydrogen-bond acceptors (Lipinski definition) is 6. The van der Waals surface area contributed by atoms with Gasteiger partial charge in [0.2, 0.25) is 0 Å². The molecule has 0 aromatic heterocycles. The summed E-state index contributed by atoms with van der Waals surface area (Å²) in [5, 5.41) is 0. The number of ether oxygens (including phenoxy) is 3. The summed E-state index contributed by atoms with van der Waals surface area (Å²) in [6.07, 6.45) is 66.3. The summed E-state index contributed by atoms with van der Waals surface area (Å²) < 4.78 is 16.8. The Morgan fingerprint density at radius 2 is 0.585 bits per heavy atom. The van der Waals surface area contributed by atoms with Crippen molar-refractivity contribution in [3.63, 3.8) is 0 Å². The van der Waals surface area contributed by atoms with Crippen LogP contribution in [0.5, 0.6) is 0 Å². The fraction of sp³-hybridized carbons (Fsp3) is 0.780. The first kappa shape index (κ1) is 62.1. The van der Waals surface area contributed by atoms with Gasteiger partial charge in [-0.25, -0.2) is 0 Å². The van der Waals surface area contributed by atoms with Gasteiger partial charge in [-0.15, -0.1) is 0 Å². The van der Waals surface area contributed by atoms with Gasteiger partial charge in [0.25, 0.3) is 0 Å². The van der Waals surface area contributed by atoms with E-state index < -0.39 is 6.10 Å². The quantitative estimate of drug-likeness (QED) is 0.0262. The maximum Gasteiger partial charge on any atom is 0.306 e.